The van der Waals surface area contributed by atoms with Crippen LogP contribution in [-0.2, 0) is 0 Å². The van der Waals surface area contributed by atoms with Crippen LogP contribution in [0.1, 0.15) is 23.8 Å². The predicted octanol–water partition coefficient (Wildman–Crippen LogP) is 3.00. The second kappa shape index (κ2) is 4.65. The van der Waals surface area contributed by atoms with Crippen LogP contribution in [0.2, 0.25) is 4.34 Å². The maximum Gasteiger partial charge on any atom is 0.0931 e. The number of nitrogens with one attached hydrogen (secondary N) is 1. The van der Waals surface area contributed by atoms with Gasteiger partial charge < -0.3 is 10.2 Å². The van der Waals surface area contributed by atoms with E-state index >= 15 is 0 Å². The zero-order chi connectivity index (χ0) is 11.8. The molecule has 1 aromatic heterocycles. The third-order valence-electron chi connectivity index (χ3n) is 3.38. The first-order valence-electron chi connectivity index (χ1n) is 5.65. The van der Waals surface area contributed by atoms with Crippen molar-refractivity contribution in [3.05, 3.63) is 21.3 Å². The molecule has 1 aromatic rings. The molecule has 0 saturated heterocycles. The molecule has 0 aliphatic heterocycles. The van der Waals surface area contributed by atoms with E-state index in [1.165, 1.54) is 17.7 Å². The Labute approximate surface area is 107 Å². The Balaban J connectivity index is 2.24. The van der Waals surface area contributed by atoms with Crippen LogP contribution < -0.4 is 5.32 Å². The quantitative estimate of drug-likeness (QED) is 0.874. The fraction of sp³-hybridized carbons (Fsp3) is 0.667. The van der Waals surface area contributed by atoms with Gasteiger partial charge in [-0.15, -0.1) is 11.3 Å². The van der Waals surface area contributed by atoms with Crippen molar-refractivity contribution in [2.24, 2.45) is 5.41 Å². The first-order valence-corrected chi connectivity index (χ1v) is 6.85. The van der Waals surface area contributed by atoms with Crippen molar-refractivity contribution in [1.82, 2.24) is 10.2 Å². The molecule has 0 amide bonds. The van der Waals surface area contributed by atoms with Gasteiger partial charge in [-0.1, -0.05) is 11.6 Å². The lowest BCUT2D eigenvalue weighted by molar-refractivity contribution is 0.195. The van der Waals surface area contributed by atoms with Gasteiger partial charge in [0.2, 0.25) is 0 Å². The van der Waals surface area contributed by atoms with Gasteiger partial charge in [-0.2, -0.15) is 0 Å². The second-order valence-corrected chi connectivity index (χ2v) is 6.65. The summed E-state index contributed by atoms with van der Waals surface area (Å²) in [6, 6.07) is 4.68. The summed E-state index contributed by atoms with van der Waals surface area (Å²) in [5, 5.41) is 3.33. The SMILES string of the molecule is CNCC1(C(c2ccc(Cl)s2)N(C)C)CC1. The van der Waals surface area contributed by atoms with Crippen molar-refractivity contribution < 1.29 is 0 Å². The van der Waals surface area contributed by atoms with Gasteiger partial charge in [-0.3, -0.25) is 0 Å². The summed E-state index contributed by atoms with van der Waals surface area (Å²) in [6.45, 7) is 1.09. The van der Waals surface area contributed by atoms with Crippen LogP contribution in [0.25, 0.3) is 0 Å². The highest BCUT2D eigenvalue weighted by atomic mass is 35.5. The normalized spacial score (nSPS) is 20.1. The minimum Gasteiger partial charge on any atom is -0.319 e. The summed E-state index contributed by atoms with van der Waals surface area (Å²) in [6.07, 6.45) is 2.62. The molecule has 0 aromatic carbocycles. The Morgan fingerprint density at radius 3 is 2.56 bits per heavy atom. The van der Waals surface area contributed by atoms with Gasteiger partial charge >= 0.3 is 0 Å². The monoisotopic (exact) mass is 258 g/mol. The Morgan fingerprint density at radius 1 is 1.50 bits per heavy atom. The summed E-state index contributed by atoms with van der Waals surface area (Å²) in [5.41, 5.74) is 0.423. The molecular formula is C12H19ClN2S. The summed E-state index contributed by atoms with van der Waals surface area (Å²) < 4.78 is 0.891. The van der Waals surface area contributed by atoms with E-state index < -0.39 is 0 Å². The van der Waals surface area contributed by atoms with Gasteiger partial charge in [0, 0.05) is 16.8 Å². The van der Waals surface area contributed by atoms with Crippen molar-refractivity contribution >= 4 is 22.9 Å². The fourth-order valence-electron chi connectivity index (χ4n) is 2.64. The van der Waals surface area contributed by atoms with Gasteiger partial charge in [0.25, 0.3) is 0 Å². The largest absolute Gasteiger partial charge is 0.319 e. The average molecular weight is 259 g/mol. The van der Waals surface area contributed by atoms with Gasteiger partial charge in [-0.05, 0) is 46.1 Å². The molecule has 4 heteroatoms. The maximum atomic E-state index is 6.04. The minimum absolute atomic E-state index is 0.423. The van der Waals surface area contributed by atoms with Crippen LogP contribution in [0, 0.1) is 5.41 Å². The van der Waals surface area contributed by atoms with Crippen LogP contribution in [0.3, 0.4) is 0 Å². The van der Waals surface area contributed by atoms with E-state index in [1.54, 1.807) is 11.3 Å². The average Bonchev–Trinajstić information content (AvgIpc) is 2.83. The highest BCUT2D eigenvalue weighted by Gasteiger charge is 2.50. The number of hydrogen-bond acceptors (Lipinski definition) is 3. The Morgan fingerprint density at radius 2 is 2.19 bits per heavy atom. The molecule has 1 aliphatic rings. The number of thiophene rings is 1. The van der Waals surface area contributed by atoms with Crippen LogP contribution in [-0.4, -0.2) is 32.6 Å². The molecule has 90 valence electrons. The van der Waals surface area contributed by atoms with E-state index in [9.17, 15) is 0 Å². The zero-order valence-corrected chi connectivity index (χ0v) is 11.7. The van der Waals surface area contributed by atoms with E-state index in [0.29, 0.717) is 11.5 Å². The molecule has 1 atom stereocenters. The topological polar surface area (TPSA) is 15.3 Å². The van der Waals surface area contributed by atoms with Crippen molar-refractivity contribution in [2.75, 3.05) is 27.7 Å². The highest BCUT2D eigenvalue weighted by molar-refractivity contribution is 7.16. The van der Waals surface area contributed by atoms with E-state index in [0.717, 1.165) is 10.9 Å². The van der Waals surface area contributed by atoms with Crippen molar-refractivity contribution in [1.29, 1.82) is 0 Å². The van der Waals surface area contributed by atoms with E-state index in [-0.39, 0.29) is 0 Å². The molecule has 1 aliphatic carbocycles. The molecular weight excluding hydrogens is 240 g/mol. The van der Waals surface area contributed by atoms with Crippen molar-refractivity contribution in [3.8, 4) is 0 Å². The first-order chi connectivity index (χ1) is 7.59. The predicted molar refractivity (Wildman–Crippen MR) is 71.4 cm³/mol. The van der Waals surface area contributed by atoms with Crippen LogP contribution >= 0.6 is 22.9 Å². The lowest BCUT2D eigenvalue weighted by Crippen LogP contribution is -2.34. The number of rotatable bonds is 5. The van der Waals surface area contributed by atoms with Crippen LogP contribution in [0.5, 0.6) is 0 Å². The molecule has 1 fully saturated rings. The minimum atomic E-state index is 0.423. The third kappa shape index (κ3) is 2.28. The molecule has 0 bridgehead atoms. The number of halogens is 1. The Kier molecular flexibility index (Phi) is 3.59. The lowest BCUT2D eigenvalue weighted by atomic mass is 9.94. The third-order valence-corrected chi connectivity index (χ3v) is 4.66. The Bertz CT molecular complexity index is 358. The molecule has 2 rings (SSSR count). The summed E-state index contributed by atoms with van der Waals surface area (Å²) in [5.74, 6) is 0. The summed E-state index contributed by atoms with van der Waals surface area (Å²) >= 11 is 7.75. The van der Waals surface area contributed by atoms with Gasteiger partial charge in [-0.25, -0.2) is 0 Å². The van der Waals surface area contributed by atoms with Crippen molar-refractivity contribution in [3.63, 3.8) is 0 Å². The summed E-state index contributed by atoms with van der Waals surface area (Å²) in [7, 11) is 6.36. The molecule has 0 spiro atoms. The lowest BCUT2D eigenvalue weighted by Gasteiger charge is -2.32. The smallest absolute Gasteiger partial charge is 0.0931 e. The number of hydrogen-bond donors (Lipinski definition) is 1. The Hall–Kier alpha value is -0.0900. The van der Waals surface area contributed by atoms with Crippen LogP contribution in [0.15, 0.2) is 12.1 Å². The van der Waals surface area contributed by atoms with Gasteiger partial charge in [0.1, 0.15) is 0 Å². The maximum absolute atomic E-state index is 6.04. The molecule has 1 N–H and O–H groups in total. The van der Waals surface area contributed by atoms with E-state index in [2.05, 4.69) is 30.4 Å². The fourth-order valence-corrected chi connectivity index (χ4v) is 4.04. The molecule has 16 heavy (non-hydrogen) atoms. The number of nitrogens with zero attached hydrogens (tertiary/aromatic N) is 1. The molecule has 2 nitrogen and oxygen atoms in total. The molecule has 1 unspecified atom stereocenters. The highest BCUT2D eigenvalue weighted by Crippen LogP contribution is 2.57. The van der Waals surface area contributed by atoms with Crippen molar-refractivity contribution in [2.45, 2.75) is 18.9 Å². The molecule has 1 saturated carbocycles. The molecule has 0 radical (unpaired) electrons. The molecule has 1 heterocycles. The van der Waals surface area contributed by atoms with Crippen LogP contribution in [0.4, 0.5) is 0 Å². The van der Waals surface area contributed by atoms with E-state index in [1.807, 2.05) is 13.1 Å². The first kappa shape index (κ1) is 12.4. The summed E-state index contributed by atoms with van der Waals surface area (Å²) in [4.78, 5) is 3.72. The van der Waals surface area contributed by atoms with Gasteiger partial charge in [0.15, 0.2) is 0 Å². The van der Waals surface area contributed by atoms with Gasteiger partial charge in [0.05, 0.1) is 10.4 Å². The standard InChI is InChI=1S/C12H19ClN2S/c1-14-8-12(6-7-12)11(15(2)3)9-4-5-10(13)16-9/h4-5,11,14H,6-8H2,1-3H3. The van der Waals surface area contributed by atoms with E-state index in [4.69, 9.17) is 11.6 Å². The second-order valence-electron chi connectivity index (χ2n) is 4.90. The zero-order valence-electron chi connectivity index (χ0n) is 10.1.